The minimum absolute atomic E-state index is 0.0166. The number of hydrogen-bond donors (Lipinski definition) is 0. The number of rotatable bonds is 9. The van der Waals surface area contributed by atoms with Gasteiger partial charge in [0, 0.05) is 18.2 Å². The molecule has 0 radical (unpaired) electrons. The Morgan fingerprint density at radius 1 is 0.919 bits per heavy atom. The molecular weight excluding hydrogens is 471 g/mol. The molecular formula is C30H29FN2O4. The molecule has 0 aliphatic rings. The van der Waals surface area contributed by atoms with E-state index in [2.05, 4.69) is 0 Å². The van der Waals surface area contributed by atoms with Crippen LogP contribution >= 0.6 is 0 Å². The molecule has 0 N–H and O–H groups in total. The van der Waals surface area contributed by atoms with E-state index in [1.165, 1.54) is 23.3 Å². The van der Waals surface area contributed by atoms with Crippen molar-refractivity contribution in [1.82, 2.24) is 9.80 Å². The van der Waals surface area contributed by atoms with E-state index in [1.54, 1.807) is 65.6 Å². The zero-order valence-electron chi connectivity index (χ0n) is 20.9. The average molecular weight is 501 g/mol. The third kappa shape index (κ3) is 6.12. The Balaban J connectivity index is 1.65. The first-order valence-electron chi connectivity index (χ1n) is 12.2. The molecule has 0 spiro atoms. The molecule has 4 aromatic rings. The molecule has 0 saturated heterocycles. The lowest BCUT2D eigenvalue weighted by Crippen LogP contribution is -2.46. The summed E-state index contributed by atoms with van der Waals surface area (Å²) in [6.45, 7) is 3.81. The van der Waals surface area contributed by atoms with Gasteiger partial charge in [0.2, 0.25) is 5.91 Å². The fourth-order valence-corrected chi connectivity index (χ4v) is 4.12. The van der Waals surface area contributed by atoms with Crippen molar-refractivity contribution in [2.75, 3.05) is 6.54 Å². The number of fused-ring (bicyclic) bond motifs is 1. The summed E-state index contributed by atoms with van der Waals surface area (Å²) < 4.78 is 19.2. The number of para-hydroxylation sites is 1. The summed E-state index contributed by atoms with van der Waals surface area (Å²) in [7, 11) is 0. The summed E-state index contributed by atoms with van der Waals surface area (Å²) in [6, 6.07) is 21.4. The van der Waals surface area contributed by atoms with Crippen LogP contribution in [0.4, 0.5) is 4.39 Å². The Bertz CT molecular complexity index is 1430. The smallest absolute Gasteiger partial charge is 0.254 e. The molecule has 37 heavy (non-hydrogen) atoms. The van der Waals surface area contributed by atoms with Crippen LogP contribution in [0.2, 0.25) is 0 Å². The molecule has 0 aliphatic carbocycles. The second-order valence-corrected chi connectivity index (χ2v) is 9.02. The molecule has 3 aromatic carbocycles. The lowest BCUT2D eigenvalue weighted by molar-refractivity contribution is -0.133. The molecule has 2 amide bonds. The summed E-state index contributed by atoms with van der Waals surface area (Å²) in [5, 5.41) is 0.426. The second-order valence-electron chi connectivity index (χ2n) is 9.02. The number of nitrogens with zero attached hydrogens (tertiary/aromatic N) is 2. The minimum atomic E-state index is -0.381. The zero-order valence-corrected chi connectivity index (χ0v) is 20.9. The molecule has 1 heterocycles. The van der Waals surface area contributed by atoms with Crippen molar-refractivity contribution in [1.29, 1.82) is 0 Å². The van der Waals surface area contributed by atoms with Crippen molar-refractivity contribution in [2.45, 2.75) is 39.4 Å². The molecule has 7 heteroatoms. The van der Waals surface area contributed by atoms with Crippen LogP contribution in [0, 0.1) is 5.82 Å². The van der Waals surface area contributed by atoms with Gasteiger partial charge in [-0.3, -0.25) is 14.4 Å². The highest BCUT2D eigenvalue weighted by Crippen LogP contribution is 2.16. The molecule has 1 atom stereocenters. The highest BCUT2D eigenvalue weighted by molar-refractivity contribution is 5.96. The quantitative estimate of drug-likeness (QED) is 0.309. The Hall–Kier alpha value is -4.26. The van der Waals surface area contributed by atoms with Crippen LogP contribution in [-0.2, 0) is 17.9 Å². The van der Waals surface area contributed by atoms with Gasteiger partial charge in [0.1, 0.15) is 17.9 Å². The van der Waals surface area contributed by atoms with Crippen molar-refractivity contribution in [2.24, 2.45) is 0 Å². The SMILES string of the molecule is CCC(C)N(CC(=O)N(Cc1ccc(F)cc1)Cc1coc2ccccc2c1=O)C(=O)c1ccccc1. The maximum absolute atomic E-state index is 13.7. The molecule has 6 nitrogen and oxygen atoms in total. The lowest BCUT2D eigenvalue weighted by atomic mass is 10.1. The standard InChI is InChI=1S/C30H29FN2O4/c1-3-21(2)33(30(36)23-9-5-4-6-10-23)19-28(34)32(17-22-13-15-25(31)16-14-22)18-24-20-37-27-12-8-7-11-26(27)29(24)35/h4-16,20-21H,3,17-19H2,1-2H3. The van der Waals surface area contributed by atoms with E-state index >= 15 is 0 Å². The van der Waals surface area contributed by atoms with Crippen molar-refractivity contribution >= 4 is 22.8 Å². The van der Waals surface area contributed by atoms with Crippen LogP contribution < -0.4 is 5.43 Å². The summed E-state index contributed by atoms with van der Waals surface area (Å²) >= 11 is 0. The van der Waals surface area contributed by atoms with Gasteiger partial charge in [0.15, 0.2) is 5.43 Å². The highest BCUT2D eigenvalue weighted by atomic mass is 19.1. The lowest BCUT2D eigenvalue weighted by Gasteiger charge is -2.31. The van der Waals surface area contributed by atoms with Crippen LogP contribution in [0.25, 0.3) is 11.0 Å². The van der Waals surface area contributed by atoms with Gasteiger partial charge in [0.25, 0.3) is 5.91 Å². The van der Waals surface area contributed by atoms with Crippen LogP contribution in [-0.4, -0.2) is 34.2 Å². The van der Waals surface area contributed by atoms with Gasteiger partial charge in [-0.05, 0) is 55.3 Å². The molecule has 0 bridgehead atoms. The van der Waals surface area contributed by atoms with Gasteiger partial charge >= 0.3 is 0 Å². The first-order chi connectivity index (χ1) is 17.9. The van der Waals surface area contributed by atoms with Gasteiger partial charge in [-0.25, -0.2) is 4.39 Å². The van der Waals surface area contributed by atoms with E-state index in [0.29, 0.717) is 34.1 Å². The van der Waals surface area contributed by atoms with Crippen molar-refractivity contribution in [3.8, 4) is 0 Å². The Morgan fingerprint density at radius 2 is 1.59 bits per heavy atom. The molecule has 1 unspecified atom stereocenters. The molecule has 4 rings (SSSR count). The largest absolute Gasteiger partial charge is 0.464 e. The fraction of sp³-hybridized carbons (Fsp3) is 0.233. The summed E-state index contributed by atoms with van der Waals surface area (Å²) in [4.78, 5) is 43.2. The zero-order chi connectivity index (χ0) is 26.4. The Labute approximate surface area is 214 Å². The molecule has 190 valence electrons. The van der Waals surface area contributed by atoms with E-state index in [0.717, 1.165) is 0 Å². The maximum atomic E-state index is 13.7. The number of hydrogen-bond acceptors (Lipinski definition) is 4. The highest BCUT2D eigenvalue weighted by Gasteiger charge is 2.26. The van der Waals surface area contributed by atoms with Gasteiger partial charge in [-0.2, -0.15) is 0 Å². The minimum Gasteiger partial charge on any atom is -0.464 e. The van der Waals surface area contributed by atoms with Crippen molar-refractivity contribution in [3.05, 3.63) is 118 Å². The Morgan fingerprint density at radius 3 is 2.30 bits per heavy atom. The molecule has 0 fully saturated rings. The van der Waals surface area contributed by atoms with Crippen molar-refractivity contribution < 1.29 is 18.4 Å². The van der Waals surface area contributed by atoms with E-state index in [9.17, 15) is 18.8 Å². The van der Waals surface area contributed by atoms with Crippen LogP contribution in [0.5, 0.6) is 0 Å². The average Bonchev–Trinajstić information content (AvgIpc) is 2.93. The van der Waals surface area contributed by atoms with Gasteiger partial charge in [-0.15, -0.1) is 0 Å². The number of carbonyl (C=O) groups is 2. The van der Waals surface area contributed by atoms with E-state index < -0.39 is 0 Å². The third-order valence-electron chi connectivity index (χ3n) is 6.46. The first-order valence-corrected chi connectivity index (χ1v) is 12.2. The maximum Gasteiger partial charge on any atom is 0.254 e. The predicted octanol–water partition coefficient (Wildman–Crippen LogP) is 5.40. The predicted molar refractivity (Wildman–Crippen MR) is 140 cm³/mol. The number of carbonyl (C=O) groups excluding carboxylic acids is 2. The summed E-state index contributed by atoms with van der Waals surface area (Å²) in [5.74, 6) is -0.954. The van der Waals surface area contributed by atoms with Gasteiger partial charge < -0.3 is 14.2 Å². The second kappa shape index (κ2) is 11.6. The first kappa shape index (κ1) is 25.8. The van der Waals surface area contributed by atoms with Crippen LogP contribution in [0.3, 0.4) is 0 Å². The third-order valence-corrected chi connectivity index (χ3v) is 6.46. The number of halogens is 1. The van der Waals surface area contributed by atoms with Crippen molar-refractivity contribution in [3.63, 3.8) is 0 Å². The Kier molecular flexibility index (Phi) is 8.13. The van der Waals surface area contributed by atoms with Gasteiger partial charge in [0.05, 0.1) is 23.8 Å². The normalized spacial score (nSPS) is 11.8. The van der Waals surface area contributed by atoms with Gasteiger partial charge in [-0.1, -0.05) is 49.4 Å². The van der Waals surface area contributed by atoms with E-state index in [4.69, 9.17) is 4.42 Å². The molecule has 0 saturated carbocycles. The van der Waals surface area contributed by atoms with Crippen LogP contribution in [0.15, 0.2) is 94.3 Å². The number of benzene rings is 3. The topological polar surface area (TPSA) is 70.8 Å². The summed E-state index contributed by atoms with van der Waals surface area (Å²) in [5.41, 5.74) is 1.75. The monoisotopic (exact) mass is 500 g/mol. The van der Waals surface area contributed by atoms with E-state index in [1.807, 2.05) is 19.9 Å². The molecule has 1 aromatic heterocycles. The summed E-state index contributed by atoms with van der Waals surface area (Å²) in [6.07, 6.45) is 2.04. The van der Waals surface area contributed by atoms with Crippen LogP contribution in [0.1, 0.15) is 41.8 Å². The number of amides is 2. The molecule has 0 aliphatic heterocycles. The fourth-order valence-electron chi connectivity index (χ4n) is 4.12. The van der Waals surface area contributed by atoms with E-state index in [-0.39, 0.29) is 48.7 Å².